The Bertz CT molecular complexity index is 287. The molecule has 1 aliphatic rings. The summed E-state index contributed by atoms with van der Waals surface area (Å²) in [6, 6.07) is 0.249. The molecule has 0 saturated carbocycles. The molecule has 1 rings (SSSR count). The molecule has 0 aromatic rings. The Labute approximate surface area is 117 Å². The van der Waals surface area contributed by atoms with Gasteiger partial charge in [0.1, 0.15) is 5.54 Å². The molecule has 1 saturated heterocycles. The number of amides is 1. The van der Waals surface area contributed by atoms with Gasteiger partial charge in [0, 0.05) is 38.8 Å². The van der Waals surface area contributed by atoms with Crippen molar-refractivity contribution in [2.75, 3.05) is 39.3 Å². The molecule has 1 amide bonds. The van der Waals surface area contributed by atoms with Crippen molar-refractivity contribution in [3.05, 3.63) is 0 Å². The molecule has 0 bridgehead atoms. The van der Waals surface area contributed by atoms with Crippen molar-refractivity contribution in [2.24, 2.45) is 5.73 Å². The normalized spacial score (nSPS) is 21.5. The van der Waals surface area contributed by atoms with E-state index in [1.807, 2.05) is 20.8 Å². The number of primary amides is 1. The third kappa shape index (κ3) is 5.09. The smallest absolute Gasteiger partial charge is 0.238 e. The largest absolute Gasteiger partial charge is 0.368 e. The van der Waals surface area contributed by atoms with E-state index < -0.39 is 5.54 Å². The first-order chi connectivity index (χ1) is 8.87. The molecular weight excluding hydrogens is 240 g/mol. The number of carbonyl (C=O) groups is 1. The number of rotatable bonds is 7. The molecule has 5 nitrogen and oxygen atoms in total. The fraction of sp³-hybridized carbons (Fsp3) is 0.929. The minimum absolute atomic E-state index is 0.249. The van der Waals surface area contributed by atoms with Crippen LogP contribution >= 0.6 is 0 Å². The number of nitrogens with one attached hydrogen (secondary N) is 1. The predicted molar refractivity (Wildman–Crippen MR) is 79.0 cm³/mol. The topological polar surface area (TPSA) is 61.6 Å². The van der Waals surface area contributed by atoms with E-state index in [2.05, 4.69) is 22.0 Å². The quantitative estimate of drug-likeness (QED) is 0.696. The van der Waals surface area contributed by atoms with Crippen molar-refractivity contribution in [1.82, 2.24) is 15.1 Å². The zero-order chi connectivity index (χ0) is 14.5. The standard InChI is InChI=1S/C14H30N4O/c1-5-6-17-7-9-18(10-8-17)11-14(4,13(15)19)16-12(2)3/h12,16H,5-11H2,1-4H3,(H2,15,19). The number of hydrogen-bond donors (Lipinski definition) is 2. The van der Waals surface area contributed by atoms with Gasteiger partial charge >= 0.3 is 0 Å². The van der Waals surface area contributed by atoms with Crippen LogP contribution in [0.1, 0.15) is 34.1 Å². The third-order valence-corrected chi connectivity index (χ3v) is 3.70. The highest BCUT2D eigenvalue weighted by Crippen LogP contribution is 2.11. The van der Waals surface area contributed by atoms with E-state index in [-0.39, 0.29) is 11.9 Å². The molecule has 19 heavy (non-hydrogen) atoms. The number of nitrogens with zero attached hydrogens (tertiary/aromatic N) is 2. The van der Waals surface area contributed by atoms with E-state index in [4.69, 9.17) is 5.73 Å². The molecule has 1 fully saturated rings. The van der Waals surface area contributed by atoms with Crippen LogP contribution < -0.4 is 11.1 Å². The highest BCUT2D eigenvalue weighted by molar-refractivity contribution is 5.84. The Balaban J connectivity index is 2.50. The van der Waals surface area contributed by atoms with Crippen molar-refractivity contribution >= 4 is 5.91 Å². The SMILES string of the molecule is CCCN1CCN(CC(C)(NC(C)C)C(N)=O)CC1. The van der Waals surface area contributed by atoms with Gasteiger partial charge < -0.3 is 16.0 Å². The summed E-state index contributed by atoms with van der Waals surface area (Å²) in [6.45, 7) is 14.3. The molecule has 0 radical (unpaired) electrons. The maximum absolute atomic E-state index is 11.7. The maximum Gasteiger partial charge on any atom is 0.238 e. The van der Waals surface area contributed by atoms with Crippen LogP contribution in [0.2, 0.25) is 0 Å². The van der Waals surface area contributed by atoms with E-state index in [0.717, 1.165) is 26.2 Å². The zero-order valence-electron chi connectivity index (χ0n) is 12.9. The van der Waals surface area contributed by atoms with Gasteiger partial charge in [0.2, 0.25) is 5.91 Å². The van der Waals surface area contributed by atoms with Crippen LogP contribution in [0.5, 0.6) is 0 Å². The fourth-order valence-corrected chi connectivity index (χ4v) is 2.77. The number of piperazine rings is 1. The lowest BCUT2D eigenvalue weighted by atomic mass is 9.99. The average molecular weight is 270 g/mol. The van der Waals surface area contributed by atoms with Crippen LogP contribution in [0.4, 0.5) is 0 Å². The Morgan fingerprint density at radius 2 is 1.79 bits per heavy atom. The molecule has 1 unspecified atom stereocenters. The maximum atomic E-state index is 11.7. The summed E-state index contributed by atoms with van der Waals surface area (Å²) in [7, 11) is 0. The average Bonchev–Trinajstić information content (AvgIpc) is 2.31. The summed E-state index contributed by atoms with van der Waals surface area (Å²) in [5.41, 5.74) is 4.94. The van der Waals surface area contributed by atoms with Crippen molar-refractivity contribution < 1.29 is 4.79 Å². The minimum atomic E-state index is -0.638. The molecule has 1 heterocycles. The monoisotopic (exact) mass is 270 g/mol. The lowest BCUT2D eigenvalue weighted by Gasteiger charge is -2.40. The second kappa shape index (κ2) is 7.22. The summed E-state index contributed by atoms with van der Waals surface area (Å²) in [5.74, 6) is -0.266. The fourth-order valence-electron chi connectivity index (χ4n) is 2.77. The van der Waals surface area contributed by atoms with E-state index in [9.17, 15) is 4.79 Å². The first kappa shape index (κ1) is 16.4. The van der Waals surface area contributed by atoms with Gasteiger partial charge in [0.05, 0.1) is 0 Å². The van der Waals surface area contributed by atoms with Gasteiger partial charge in [-0.2, -0.15) is 0 Å². The molecule has 0 spiro atoms. The Kier molecular flexibility index (Phi) is 6.23. The van der Waals surface area contributed by atoms with E-state index >= 15 is 0 Å². The van der Waals surface area contributed by atoms with Gasteiger partial charge in [-0.15, -0.1) is 0 Å². The van der Waals surface area contributed by atoms with Gasteiger partial charge in [-0.05, 0) is 33.7 Å². The summed E-state index contributed by atoms with van der Waals surface area (Å²) in [4.78, 5) is 16.5. The van der Waals surface area contributed by atoms with Crippen LogP contribution in [-0.4, -0.2) is 66.6 Å². The molecule has 1 atom stereocenters. The van der Waals surface area contributed by atoms with E-state index in [1.54, 1.807) is 0 Å². The van der Waals surface area contributed by atoms with Crippen LogP contribution in [0, 0.1) is 0 Å². The van der Waals surface area contributed by atoms with Crippen molar-refractivity contribution in [3.63, 3.8) is 0 Å². The molecule has 0 aromatic heterocycles. The molecule has 5 heteroatoms. The summed E-state index contributed by atoms with van der Waals surface area (Å²) < 4.78 is 0. The van der Waals surface area contributed by atoms with Crippen molar-refractivity contribution in [1.29, 1.82) is 0 Å². The minimum Gasteiger partial charge on any atom is -0.368 e. The van der Waals surface area contributed by atoms with Crippen molar-refractivity contribution in [2.45, 2.75) is 45.7 Å². The summed E-state index contributed by atoms with van der Waals surface area (Å²) >= 11 is 0. The molecule has 112 valence electrons. The number of nitrogens with two attached hydrogens (primary N) is 1. The van der Waals surface area contributed by atoms with E-state index in [0.29, 0.717) is 6.54 Å². The molecular formula is C14H30N4O. The lowest BCUT2D eigenvalue weighted by molar-refractivity contribution is -0.125. The van der Waals surface area contributed by atoms with Gasteiger partial charge in [0.15, 0.2) is 0 Å². The molecule has 0 aromatic carbocycles. The lowest BCUT2D eigenvalue weighted by Crippen LogP contribution is -2.63. The molecule has 3 N–H and O–H groups in total. The third-order valence-electron chi connectivity index (χ3n) is 3.70. The first-order valence-corrected chi connectivity index (χ1v) is 7.39. The number of hydrogen-bond acceptors (Lipinski definition) is 4. The predicted octanol–water partition coefficient (Wildman–Crippen LogP) is 0.256. The summed E-state index contributed by atoms with van der Waals surface area (Å²) in [5, 5.41) is 3.31. The highest BCUT2D eigenvalue weighted by atomic mass is 16.1. The molecule has 1 aliphatic heterocycles. The van der Waals surface area contributed by atoms with Crippen LogP contribution in [-0.2, 0) is 4.79 Å². The summed E-state index contributed by atoms with van der Waals surface area (Å²) in [6.07, 6.45) is 1.20. The van der Waals surface area contributed by atoms with Gasteiger partial charge in [-0.25, -0.2) is 0 Å². The van der Waals surface area contributed by atoms with Gasteiger partial charge in [-0.1, -0.05) is 6.92 Å². The van der Waals surface area contributed by atoms with Crippen LogP contribution in [0.25, 0.3) is 0 Å². The van der Waals surface area contributed by atoms with Crippen LogP contribution in [0.15, 0.2) is 0 Å². The van der Waals surface area contributed by atoms with Gasteiger partial charge in [-0.3, -0.25) is 9.69 Å². The molecule has 0 aliphatic carbocycles. The first-order valence-electron chi connectivity index (χ1n) is 7.39. The number of carbonyl (C=O) groups excluding carboxylic acids is 1. The van der Waals surface area contributed by atoms with Crippen LogP contribution in [0.3, 0.4) is 0 Å². The Morgan fingerprint density at radius 3 is 2.21 bits per heavy atom. The second-order valence-corrected chi connectivity index (χ2v) is 6.11. The Morgan fingerprint density at radius 1 is 1.26 bits per heavy atom. The van der Waals surface area contributed by atoms with Gasteiger partial charge in [0.25, 0.3) is 0 Å². The van der Waals surface area contributed by atoms with E-state index in [1.165, 1.54) is 13.0 Å². The highest BCUT2D eigenvalue weighted by Gasteiger charge is 2.34. The Hall–Kier alpha value is -0.650. The second-order valence-electron chi connectivity index (χ2n) is 6.11. The zero-order valence-corrected chi connectivity index (χ0v) is 12.9. The van der Waals surface area contributed by atoms with Crippen molar-refractivity contribution in [3.8, 4) is 0 Å².